The lowest BCUT2D eigenvalue weighted by Gasteiger charge is -2.15. The van der Waals surface area contributed by atoms with E-state index in [9.17, 15) is 0 Å². The Morgan fingerprint density at radius 1 is 0.404 bits per heavy atom. The monoisotopic (exact) mass is 663 g/mol. The van der Waals surface area contributed by atoms with Gasteiger partial charge in [0.25, 0.3) is 0 Å². The van der Waals surface area contributed by atoms with Crippen LogP contribution in [-0.2, 0) is 0 Å². The third-order valence-corrected chi connectivity index (χ3v) is 10.4. The third-order valence-electron chi connectivity index (χ3n) is 10.4. The molecule has 0 aliphatic rings. The molecule has 242 valence electrons. The molecular weight excluding hydrogens is 635 g/mol. The van der Waals surface area contributed by atoms with Crippen LogP contribution in [0.1, 0.15) is 0 Å². The fourth-order valence-electron chi connectivity index (χ4n) is 7.97. The van der Waals surface area contributed by atoms with Crippen LogP contribution < -0.4 is 0 Å². The predicted octanol–water partition coefficient (Wildman–Crippen LogP) is 12.8. The number of rotatable bonds is 4. The molecule has 0 unspecified atom stereocenters. The number of nitrogens with zero attached hydrogens (tertiary/aromatic N) is 3. The first-order valence-corrected chi connectivity index (χ1v) is 17.6. The van der Waals surface area contributed by atoms with Gasteiger partial charge in [0.2, 0.25) is 0 Å². The number of para-hydroxylation sites is 2. The topological polar surface area (TPSA) is 43.9 Å². The molecule has 0 saturated heterocycles. The van der Waals surface area contributed by atoms with Crippen LogP contribution in [0.15, 0.2) is 180 Å². The molecule has 52 heavy (non-hydrogen) atoms. The summed E-state index contributed by atoms with van der Waals surface area (Å²) in [5, 5.41) is 9.16. The number of hydrogen-bond acceptors (Lipinski definition) is 3. The number of furan rings is 1. The van der Waals surface area contributed by atoms with Crippen LogP contribution in [-0.4, -0.2) is 14.5 Å². The zero-order chi connectivity index (χ0) is 34.2. The number of aromatic nitrogens is 3. The van der Waals surface area contributed by atoms with E-state index in [2.05, 4.69) is 162 Å². The minimum Gasteiger partial charge on any atom is -0.455 e. The fourth-order valence-corrected chi connectivity index (χ4v) is 7.97. The van der Waals surface area contributed by atoms with E-state index in [1.807, 2.05) is 18.2 Å². The molecule has 11 aromatic rings. The predicted molar refractivity (Wildman–Crippen MR) is 215 cm³/mol. The number of hydrogen-bond donors (Lipinski definition) is 0. The van der Waals surface area contributed by atoms with E-state index < -0.39 is 0 Å². The minimum atomic E-state index is 0.672. The molecular formula is C48H29N3O. The van der Waals surface area contributed by atoms with Gasteiger partial charge in [0.1, 0.15) is 11.2 Å². The van der Waals surface area contributed by atoms with E-state index >= 15 is 0 Å². The molecule has 0 aliphatic heterocycles. The second-order valence-corrected chi connectivity index (χ2v) is 13.4. The molecule has 0 saturated carbocycles. The Hall–Kier alpha value is -7.04. The Kier molecular flexibility index (Phi) is 6.22. The highest BCUT2D eigenvalue weighted by Crippen LogP contribution is 2.43. The van der Waals surface area contributed by atoms with Gasteiger partial charge >= 0.3 is 0 Å². The van der Waals surface area contributed by atoms with Crippen LogP contribution in [0.2, 0.25) is 0 Å². The summed E-state index contributed by atoms with van der Waals surface area (Å²) in [7, 11) is 0. The maximum Gasteiger partial charge on any atom is 0.160 e. The first kappa shape index (κ1) is 28.8. The highest BCUT2D eigenvalue weighted by atomic mass is 16.3. The highest BCUT2D eigenvalue weighted by molar-refractivity contribution is 6.22. The van der Waals surface area contributed by atoms with Gasteiger partial charge in [-0.25, -0.2) is 9.97 Å². The lowest BCUT2D eigenvalue weighted by molar-refractivity contribution is 0.672. The van der Waals surface area contributed by atoms with Crippen LogP contribution in [0, 0.1) is 0 Å². The molecule has 0 bridgehead atoms. The van der Waals surface area contributed by atoms with Gasteiger partial charge in [0, 0.05) is 54.4 Å². The molecule has 3 aromatic heterocycles. The molecule has 0 radical (unpaired) electrons. The average Bonchev–Trinajstić information content (AvgIpc) is 3.77. The third kappa shape index (κ3) is 4.34. The van der Waals surface area contributed by atoms with Gasteiger partial charge in [-0.1, -0.05) is 140 Å². The molecule has 0 aliphatic carbocycles. The first-order valence-electron chi connectivity index (χ1n) is 17.6. The summed E-state index contributed by atoms with van der Waals surface area (Å²) in [5.74, 6) is 0.672. The maximum atomic E-state index is 6.64. The SMILES string of the molecule is c1ccc(-c2cc(-c3ccccc3)nc(-c3ccc4c(c3)c(-n3c5ccccc5c5ccc6ccccc6c53)cc3c5ccccc5oc43)n2)cc1. The molecule has 4 heteroatoms. The van der Waals surface area contributed by atoms with Crippen molar-refractivity contribution >= 4 is 65.3 Å². The number of benzene rings is 8. The summed E-state index contributed by atoms with van der Waals surface area (Å²) < 4.78 is 9.10. The van der Waals surface area contributed by atoms with Crippen LogP contribution in [0.25, 0.3) is 105 Å². The molecule has 8 aromatic carbocycles. The fraction of sp³-hybridized carbons (Fsp3) is 0. The Bertz CT molecular complexity index is 3120. The lowest BCUT2D eigenvalue weighted by atomic mass is 10.00. The molecule has 0 atom stereocenters. The summed E-state index contributed by atoms with van der Waals surface area (Å²) in [6.45, 7) is 0. The smallest absolute Gasteiger partial charge is 0.160 e. The van der Waals surface area contributed by atoms with Crippen molar-refractivity contribution in [1.82, 2.24) is 14.5 Å². The molecule has 0 N–H and O–H groups in total. The lowest BCUT2D eigenvalue weighted by Crippen LogP contribution is -1.98. The van der Waals surface area contributed by atoms with E-state index in [1.54, 1.807) is 0 Å². The Morgan fingerprint density at radius 3 is 1.81 bits per heavy atom. The summed E-state index contributed by atoms with van der Waals surface area (Å²) in [6, 6.07) is 61.9. The summed E-state index contributed by atoms with van der Waals surface area (Å²) in [6.07, 6.45) is 0. The van der Waals surface area contributed by atoms with Gasteiger partial charge in [-0.2, -0.15) is 0 Å². The van der Waals surface area contributed by atoms with Crippen molar-refractivity contribution in [2.24, 2.45) is 0 Å². The van der Waals surface area contributed by atoms with Crippen molar-refractivity contribution < 1.29 is 4.42 Å². The summed E-state index contributed by atoms with van der Waals surface area (Å²) in [5.41, 5.74) is 9.97. The van der Waals surface area contributed by atoms with E-state index in [-0.39, 0.29) is 0 Å². The average molecular weight is 664 g/mol. The molecule has 3 heterocycles. The number of fused-ring (bicyclic) bond motifs is 10. The Morgan fingerprint density at radius 2 is 1.04 bits per heavy atom. The normalized spacial score (nSPS) is 11.8. The Balaban J connectivity index is 1.26. The van der Waals surface area contributed by atoms with Crippen molar-refractivity contribution in [1.29, 1.82) is 0 Å². The summed E-state index contributed by atoms with van der Waals surface area (Å²) >= 11 is 0. The summed E-state index contributed by atoms with van der Waals surface area (Å²) in [4.78, 5) is 10.4. The van der Waals surface area contributed by atoms with Gasteiger partial charge in [-0.3, -0.25) is 0 Å². The molecule has 0 spiro atoms. The largest absolute Gasteiger partial charge is 0.455 e. The second-order valence-electron chi connectivity index (χ2n) is 13.4. The van der Waals surface area contributed by atoms with Gasteiger partial charge in [-0.15, -0.1) is 0 Å². The second kappa shape index (κ2) is 11.2. The van der Waals surface area contributed by atoms with Crippen LogP contribution in [0.3, 0.4) is 0 Å². The van der Waals surface area contributed by atoms with E-state index in [4.69, 9.17) is 14.4 Å². The standard InChI is InChI=1S/C48H29N3O/c1-3-14-31(15-4-1)41-29-42(32-16-5-2-6-17-32)50-48(49-41)33-24-26-38-39(27-33)44(28-40-36-20-10-12-22-45(36)52-47(38)40)51-43-21-11-9-19-35(43)37-25-23-30-13-7-8-18-34(30)46(37)51/h1-29H. The van der Waals surface area contributed by atoms with E-state index in [0.29, 0.717) is 5.82 Å². The molecule has 0 amide bonds. The van der Waals surface area contributed by atoms with E-state index in [0.717, 1.165) is 72.0 Å². The van der Waals surface area contributed by atoms with Crippen LogP contribution in [0.4, 0.5) is 0 Å². The van der Waals surface area contributed by atoms with Gasteiger partial charge in [0.15, 0.2) is 5.82 Å². The zero-order valence-corrected chi connectivity index (χ0v) is 28.0. The van der Waals surface area contributed by atoms with Gasteiger partial charge in [0.05, 0.1) is 28.1 Å². The van der Waals surface area contributed by atoms with Gasteiger partial charge in [-0.05, 0) is 41.8 Å². The van der Waals surface area contributed by atoms with E-state index in [1.165, 1.54) is 27.1 Å². The minimum absolute atomic E-state index is 0.672. The van der Waals surface area contributed by atoms with Crippen molar-refractivity contribution in [3.63, 3.8) is 0 Å². The van der Waals surface area contributed by atoms with Crippen molar-refractivity contribution in [2.45, 2.75) is 0 Å². The zero-order valence-electron chi connectivity index (χ0n) is 28.0. The molecule has 11 rings (SSSR count). The van der Waals surface area contributed by atoms with Crippen LogP contribution >= 0.6 is 0 Å². The quantitative estimate of drug-likeness (QED) is 0.188. The van der Waals surface area contributed by atoms with Crippen molar-refractivity contribution in [2.75, 3.05) is 0 Å². The van der Waals surface area contributed by atoms with Crippen LogP contribution in [0.5, 0.6) is 0 Å². The van der Waals surface area contributed by atoms with Gasteiger partial charge < -0.3 is 8.98 Å². The molecule has 0 fully saturated rings. The van der Waals surface area contributed by atoms with Crippen molar-refractivity contribution in [3.8, 4) is 39.6 Å². The maximum absolute atomic E-state index is 6.64. The Labute approximate surface area is 298 Å². The van der Waals surface area contributed by atoms with Crippen molar-refractivity contribution in [3.05, 3.63) is 176 Å². The first-order chi connectivity index (χ1) is 25.8. The highest BCUT2D eigenvalue weighted by Gasteiger charge is 2.21. The molecule has 4 nitrogen and oxygen atoms in total.